The van der Waals surface area contributed by atoms with E-state index in [1.165, 1.54) is 22.3 Å². The summed E-state index contributed by atoms with van der Waals surface area (Å²) in [4.78, 5) is 0. The SMILES string of the molecule is c1cc(C2(COCC3(c4ccc(NCC5CO5)cc4CC4CO4)CO3)CO2)c(CC2CO2)cc1NCC1CO1. The van der Waals surface area contributed by atoms with Crippen LogP contribution in [0.4, 0.5) is 11.4 Å². The van der Waals surface area contributed by atoms with Gasteiger partial charge in [-0.25, -0.2) is 0 Å². The van der Waals surface area contributed by atoms with E-state index in [4.69, 9.17) is 33.2 Å². The molecule has 2 aromatic rings. The molecular formula is C30H36N2O7. The summed E-state index contributed by atoms with van der Waals surface area (Å²) < 4.78 is 40.4. The van der Waals surface area contributed by atoms with E-state index in [9.17, 15) is 0 Å². The van der Waals surface area contributed by atoms with Gasteiger partial charge >= 0.3 is 0 Å². The number of hydrogen-bond acceptors (Lipinski definition) is 9. The van der Waals surface area contributed by atoms with Crippen LogP contribution < -0.4 is 10.6 Å². The Labute approximate surface area is 228 Å². The van der Waals surface area contributed by atoms with Crippen molar-refractivity contribution in [2.24, 2.45) is 0 Å². The van der Waals surface area contributed by atoms with Crippen LogP contribution in [0.5, 0.6) is 0 Å². The third-order valence-corrected chi connectivity index (χ3v) is 8.42. The fourth-order valence-corrected chi connectivity index (χ4v) is 5.52. The van der Waals surface area contributed by atoms with E-state index < -0.39 is 11.2 Å². The van der Waals surface area contributed by atoms with Gasteiger partial charge in [-0.2, -0.15) is 0 Å². The highest BCUT2D eigenvalue weighted by molar-refractivity contribution is 5.53. The first-order valence-corrected chi connectivity index (χ1v) is 14.2. The molecule has 0 aliphatic carbocycles. The summed E-state index contributed by atoms with van der Waals surface area (Å²) in [6.07, 6.45) is 3.06. The van der Waals surface area contributed by atoms with Gasteiger partial charge in [-0.05, 0) is 46.5 Å². The van der Waals surface area contributed by atoms with Crippen molar-refractivity contribution in [3.05, 3.63) is 58.7 Å². The maximum Gasteiger partial charge on any atom is 0.140 e. The lowest BCUT2D eigenvalue weighted by molar-refractivity contribution is 0.0398. The molecule has 6 atom stereocenters. The monoisotopic (exact) mass is 536 g/mol. The second-order valence-corrected chi connectivity index (χ2v) is 11.8. The molecule has 2 N–H and O–H groups in total. The third-order valence-electron chi connectivity index (χ3n) is 8.42. The first-order valence-electron chi connectivity index (χ1n) is 14.2. The zero-order chi connectivity index (χ0) is 25.9. The molecule has 0 saturated carbocycles. The van der Waals surface area contributed by atoms with Crippen LogP contribution in [-0.2, 0) is 57.2 Å². The number of epoxide rings is 6. The molecule has 8 rings (SSSR count). The van der Waals surface area contributed by atoms with Gasteiger partial charge < -0.3 is 43.8 Å². The van der Waals surface area contributed by atoms with Crippen molar-refractivity contribution >= 4 is 11.4 Å². The van der Waals surface area contributed by atoms with Gasteiger partial charge in [-0.3, -0.25) is 0 Å². The van der Waals surface area contributed by atoms with E-state index in [0.717, 1.165) is 63.7 Å². The van der Waals surface area contributed by atoms with Crippen molar-refractivity contribution in [3.8, 4) is 0 Å². The molecule has 6 fully saturated rings. The van der Waals surface area contributed by atoms with Crippen molar-refractivity contribution in [1.29, 1.82) is 0 Å². The average molecular weight is 537 g/mol. The number of anilines is 2. The lowest BCUT2D eigenvalue weighted by Crippen LogP contribution is -2.26. The highest BCUT2D eigenvalue weighted by Crippen LogP contribution is 2.45. The zero-order valence-electron chi connectivity index (χ0n) is 22.1. The smallest absolute Gasteiger partial charge is 0.140 e. The number of benzene rings is 2. The average Bonchev–Trinajstić information content (AvgIpc) is 3.72. The normalized spacial score (nSPS) is 34.9. The van der Waals surface area contributed by atoms with E-state index in [2.05, 4.69) is 47.0 Å². The molecule has 6 heterocycles. The molecule has 2 aromatic carbocycles. The van der Waals surface area contributed by atoms with Crippen LogP contribution in [0.1, 0.15) is 22.3 Å². The van der Waals surface area contributed by atoms with Crippen molar-refractivity contribution in [1.82, 2.24) is 0 Å². The molecule has 0 amide bonds. The van der Waals surface area contributed by atoms with Gasteiger partial charge in [0.2, 0.25) is 0 Å². The number of nitrogens with one attached hydrogen (secondary N) is 2. The minimum absolute atomic E-state index is 0.300. The standard InChI is InChI=1S/C30H36N2O7/c1-3-27(19(7-23-11-34-23)5-21(1)31-9-25-13-36-25)29(17-38-29)15-33-16-30(18-39-30)28-4-2-22(32-10-26-14-37-26)6-20(28)8-24-12-35-24/h1-6,23-26,31-32H,7-18H2. The Hall–Kier alpha value is -2.24. The summed E-state index contributed by atoms with van der Waals surface area (Å²) in [5.41, 5.74) is 6.37. The Kier molecular flexibility index (Phi) is 6.10. The first kappa shape index (κ1) is 24.5. The van der Waals surface area contributed by atoms with Gasteiger partial charge in [0, 0.05) is 37.3 Å². The number of ether oxygens (including phenoxy) is 7. The molecule has 0 spiro atoms. The van der Waals surface area contributed by atoms with Crippen molar-refractivity contribution in [2.75, 3.05) is 76.6 Å². The van der Waals surface area contributed by atoms with Crippen LogP contribution >= 0.6 is 0 Å². The molecule has 0 aromatic heterocycles. The van der Waals surface area contributed by atoms with Gasteiger partial charge in [0.15, 0.2) is 0 Å². The van der Waals surface area contributed by atoms with Crippen LogP contribution in [0, 0.1) is 0 Å². The van der Waals surface area contributed by atoms with E-state index in [0.29, 0.717) is 50.8 Å². The van der Waals surface area contributed by atoms with Gasteiger partial charge in [-0.1, -0.05) is 12.1 Å². The van der Waals surface area contributed by atoms with Crippen LogP contribution in [0.3, 0.4) is 0 Å². The van der Waals surface area contributed by atoms with E-state index in [1.807, 2.05) is 0 Å². The molecule has 6 unspecified atom stereocenters. The second kappa shape index (κ2) is 9.69. The van der Waals surface area contributed by atoms with Gasteiger partial charge in [0.25, 0.3) is 0 Å². The Morgan fingerprint density at radius 2 is 1.05 bits per heavy atom. The maximum atomic E-state index is 6.41. The Morgan fingerprint density at radius 1 is 0.641 bits per heavy atom. The molecule has 9 nitrogen and oxygen atoms in total. The molecule has 0 bridgehead atoms. The molecule has 208 valence electrons. The minimum Gasteiger partial charge on any atom is -0.382 e. The lowest BCUT2D eigenvalue weighted by atomic mass is 9.91. The summed E-state index contributed by atoms with van der Waals surface area (Å²) in [6, 6.07) is 13.2. The minimum atomic E-state index is -0.401. The molecule has 9 heteroatoms. The molecule has 39 heavy (non-hydrogen) atoms. The third kappa shape index (κ3) is 5.81. The van der Waals surface area contributed by atoms with E-state index in [-0.39, 0.29) is 0 Å². The van der Waals surface area contributed by atoms with Crippen molar-refractivity contribution in [3.63, 3.8) is 0 Å². The Balaban J connectivity index is 0.948. The first-order chi connectivity index (χ1) is 19.2. The second-order valence-electron chi connectivity index (χ2n) is 11.8. The molecule has 6 saturated heterocycles. The van der Waals surface area contributed by atoms with E-state index in [1.54, 1.807) is 0 Å². The molecule has 6 aliphatic rings. The van der Waals surface area contributed by atoms with Crippen molar-refractivity contribution < 1.29 is 33.2 Å². The predicted octanol–water partition coefficient (Wildman–Crippen LogP) is 2.36. The zero-order valence-corrected chi connectivity index (χ0v) is 22.1. The summed E-state index contributed by atoms with van der Waals surface area (Å²) in [6.45, 7) is 7.36. The van der Waals surface area contributed by atoms with Crippen LogP contribution in [0.2, 0.25) is 0 Å². The van der Waals surface area contributed by atoms with Gasteiger partial charge in [-0.15, -0.1) is 0 Å². The highest BCUT2D eigenvalue weighted by atomic mass is 16.6. The van der Waals surface area contributed by atoms with Gasteiger partial charge in [0.1, 0.15) is 11.2 Å². The lowest BCUT2D eigenvalue weighted by Gasteiger charge is -2.21. The van der Waals surface area contributed by atoms with Gasteiger partial charge in [0.05, 0.1) is 77.3 Å². The Morgan fingerprint density at radius 3 is 1.41 bits per heavy atom. The molecule has 6 aliphatic heterocycles. The largest absolute Gasteiger partial charge is 0.382 e. The van der Waals surface area contributed by atoms with Crippen LogP contribution in [-0.4, -0.2) is 90.4 Å². The van der Waals surface area contributed by atoms with Crippen molar-refractivity contribution in [2.45, 2.75) is 48.5 Å². The fraction of sp³-hybridized carbons (Fsp3) is 0.600. The Bertz CT molecular complexity index is 1120. The number of hydrogen-bond donors (Lipinski definition) is 2. The highest BCUT2D eigenvalue weighted by Gasteiger charge is 2.52. The quantitative estimate of drug-likeness (QED) is 0.313. The summed E-state index contributed by atoms with van der Waals surface area (Å²) in [5.74, 6) is 0. The maximum absolute atomic E-state index is 6.41. The predicted molar refractivity (Wildman–Crippen MR) is 142 cm³/mol. The fourth-order valence-electron chi connectivity index (χ4n) is 5.52. The summed E-state index contributed by atoms with van der Waals surface area (Å²) in [5, 5.41) is 7.00. The topological polar surface area (TPSA) is 108 Å². The van der Waals surface area contributed by atoms with Crippen LogP contribution in [0.25, 0.3) is 0 Å². The van der Waals surface area contributed by atoms with Crippen LogP contribution in [0.15, 0.2) is 36.4 Å². The molecular weight excluding hydrogens is 500 g/mol. The number of rotatable bonds is 16. The molecule has 0 radical (unpaired) electrons. The van der Waals surface area contributed by atoms with E-state index >= 15 is 0 Å². The summed E-state index contributed by atoms with van der Waals surface area (Å²) >= 11 is 0. The summed E-state index contributed by atoms with van der Waals surface area (Å²) in [7, 11) is 0.